The smallest absolute Gasteiger partial charge is 0.0874 e. The van der Waals surface area contributed by atoms with Crippen molar-refractivity contribution in [3.8, 4) is 0 Å². The zero-order valence-corrected chi connectivity index (χ0v) is 9.80. The predicted octanol–water partition coefficient (Wildman–Crippen LogP) is 3.65. The SMILES string of the molecule is CC(C)=COCCCCOC=C(C)C. The normalized spacial score (nSPS) is 9.14. The summed E-state index contributed by atoms with van der Waals surface area (Å²) in [6.45, 7) is 9.67. The maximum Gasteiger partial charge on any atom is 0.0874 e. The first-order valence-corrected chi connectivity index (χ1v) is 5.13. The van der Waals surface area contributed by atoms with Crippen molar-refractivity contribution in [1.29, 1.82) is 0 Å². The molecule has 0 amide bonds. The van der Waals surface area contributed by atoms with Crippen LogP contribution in [0.2, 0.25) is 0 Å². The van der Waals surface area contributed by atoms with Crippen LogP contribution in [0.3, 0.4) is 0 Å². The van der Waals surface area contributed by atoms with Crippen molar-refractivity contribution in [1.82, 2.24) is 0 Å². The van der Waals surface area contributed by atoms with Gasteiger partial charge in [-0.2, -0.15) is 0 Å². The summed E-state index contributed by atoms with van der Waals surface area (Å²) in [7, 11) is 0. The number of ether oxygens (including phenoxy) is 2. The summed E-state index contributed by atoms with van der Waals surface area (Å²) in [5, 5.41) is 0. The zero-order chi connectivity index (χ0) is 10.8. The molecule has 0 aromatic heterocycles. The van der Waals surface area contributed by atoms with Gasteiger partial charge in [0.1, 0.15) is 0 Å². The second-order valence-electron chi connectivity index (χ2n) is 3.84. The van der Waals surface area contributed by atoms with E-state index in [2.05, 4.69) is 0 Å². The summed E-state index contributed by atoms with van der Waals surface area (Å²) >= 11 is 0. The first-order valence-electron chi connectivity index (χ1n) is 5.13. The average Bonchev–Trinajstić information content (AvgIpc) is 2.08. The molecular formula is C12H22O2. The molecule has 0 saturated heterocycles. The van der Waals surface area contributed by atoms with Crippen molar-refractivity contribution in [2.45, 2.75) is 40.5 Å². The van der Waals surface area contributed by atoms with E-state index in [0.717, 1.165) is 26.1 Å². The lowest BCUT2D eigenvalue weighted by Crippen LogP contribution is -1.93. The fourth-order valence-electron chi connectivity index (χ4n) is 0.822. The van der Waals surface area contributed by atoms with Gasteiger partial charge in [0.15, 0.2) is 0 Å². The van der Waals surface area contributed by atoms with Crippen molar-refractivity contribution < 1.29 is 9.47 Å². The Labute approximate surface area is 87.6 Å². The molecule has 0 radical (unpaired) electrons. The van der Waals surface area contributed by atoms with Crippen LogP contribution in [-0.2, 0) is 9.47 Å². The predicted molar refractivity (Wildman–Crippen MR) is 60.0 cm³/mol. The maximum atomic E-state index is 5.29. The van der Waals surface area contributed by atoms with Gasteiger partial charge in [-0.3, -0.25) is 0 Å². The summed E-state index contributed by atoms with van der Waals surface area (Å²) in [6.07, 6.45) is 5.69. The summed E-state index contributed by atoms with van der Waals surface area (Å²) in [6, 6.07) is 0. The third-order valence-electron chi connectivity index (χ3n) is 1.41. The van der Waals surface area contributed by atoms with Gasteiger partial charge in [-0.1, -0.05) is 0 Å². The number of hydrogen-bond acceptors (Lipinski definition) is 2. The minimum atomic E-state index is 0.781. The molecule has 82 valence electrons. The first-order chi connectivity index (χ1) is 6.63. The minimum Gasteiger partial charge on any atom is -0.501 e. The quantitative estimate of drug-likeness (QED) is 0.459. The van der Waals surface area contributed by atoms with Gasteiger partial charge in [-0.15, -0.1) is 0 Å². The molecular weight excluding hydrogens is 176 g/mol. The van der Waals surface area contributed by atoms with Gasteiger partial charge in [-0.05, 0) is 51.7 Å². The standard InChI is InChI=1S/C12H22O2/c1-11(2)9-13-7-5-6-8-14-10-12(3)4/h9-10H,5-8H2,1-4H3. The monoisotopic (exact) mass is 198 g/mol. The zero-order valence-electron chi connectivity index (χ0n) is 9.80. The largest absolute Gasteiger partial charge is 0.501 e. The van der Waals surface area contributed by atoms with E-state index in [0.29, 0.717) is 0 Å². The summed E-state index contributed by atoms with van der Waals surface area (Å²) in [5.41, 5.74) is 2.40. The highest BCUT2D eigenvalue weighted by Gasteiger charge is 1.88. The maximum absolute atomic E-state index is 5.29. The Hall–Kier alpha value is -0.920. The highest BCUT2D eigenvalue weighted by Crippen LogP contribution is 1.96. The second-order valence-corrected chi connectivity index (χ2v) is 3.84. The molecule has 0 bridgehead atoms. The van der Waals surface area contributed by atoms with Gasteiger partial charge in [0.2, 0.25) is 0 Å². The summed E-state index contributed by atoms with van der Waals surface area (Å²) in [5.74, 6) is 0. The third-order valence-corrected chi connectivity index (χ3v) is 1.41. The van der Waals surface area contributed by atoms with E-state index in [-0.39, 0.29) is 0 Å². The fraction of sp³-hybridized carbons (Fsp3) is 0.667. The van der Waals surface area contributed by atoms with Crippen LogP contribution < -0.4 is 0 Å². The molecule has 0 aliphatic rings. The molecule has 0 atom stereocenters. The topological polar surface area (TPSA) is 18.5 Å². The van der Waals surface area contributed by atoms with Crippen LogP contribution >= 0.6 is 0 Å². The van der Waals surface area contributed by atoms with Crippen molar-refractivity contribution in [2.24, 2.45) is 0 Å². The molecule has 14 heavy (non-hydrogen) atoms. The van der Waals surface area contributed by atoms with Gasteiger partial charge in [0, 0.05) is 0 Å². The molecule has 0 spiro atoms. The molecule has 0 fully saturated rings. The number of allylic oxidation sites excluding steroid dienone is 2. The van der Waals surface area contributed by atoms with Gasteiger partial charge in [0.05, 0.1) is 25.7 Å². The highest BCUT2D eigenvalue weighted by atomic mass is 16.5. The van der Waals surface area contributed by atoms with Crippen molar-refractivity contribution in [3.05, 3.63) is 23.7 Å². The highest BCUT2D eigenvalue weighted by molar-refractivity contribution is 4.86. The Morgan fingerprint density at radius 2 is 1.14 bits per heavy atom. The van der Waals surface area contributed by atoms with Gasteiger partial charge < -0.3 is 9.47 Å². The molecule has 0 aliphatic heterocycles. The molecule has 0 aliphatic carbocycles. The Morgan fingerprint density at radius 3 is 1.43 bits per heavy atom. The van der Waals surface area contributed by atoms with Crippen molar-refractivity contribution in [2.75, 3.05) is 13.2 Å². The number of rotatable bonds is 7. The molecule has 0 saturated carbocycles. The number of hydrogen-bond donors (Lipinski definition) is 0. The van der Waals surface area contributed by atoms with Crippen LogP contribution in [0.5, 0.6) is 0 Å². The van der Waals surface area contributed by atoms with Gasteiger partial charge in [0.25, 0.3) is 0 Å². The Bertz CT molecular complexity index is 162. The van der Waals surface area contributed by atoms with Crippen LogP contribution in [-0.4, -0.2) is 13.2 Å². The van der Waals surface area contributed by atoms with Crippen LogP contribution in [0.4, 0.5) is 0 Å². The Kier molecular flexibility index (Phi) is 8.10. The molecule has 0 unspecified atom stereocenters. The van der Waals surface area contributed by atoms with Crippen LogP contribution in [0.15, 0.2) is 23.7 Å². The van der Waals surface area contributed by atoms with Gasteiger partial charge >= 0.3 is 0 Å². The minimum absolute atomic E-state index is 0.781. The Morgan fingerprint density at radius 1 is 0.786 bits per heavy atom. The lowest BCUT2D eigenvalue weighted by molar-refractivity contribution is 0.203. The van der Waals surface area contributed by atoms with E-state index < -0.39 is 0 Å². The van der Waals surface area contributed by atoms with E-state index in [9.17, 15) is 0 Å². The molecule has 2 heteroatoms. The van der Waals surface area contributed by atoms with E-state index in [4.69, 9.17) is 9.47 Å². The molecule has 0 aromatic carbocycles. The lowest BCUT2D eigenvalue weighted by Gasteiger charge is -2.02. The third kappa shape index (κ3) is 11.1. The van der Waals surface area contributed by atoms with E-state index in [1.807, 2.05) is 27.7 Å². The molecule has 0 aromatic rings. The van der Waals surface area contributed by atoms with Crippen LogP contribution in [0, 0.1) is 0 Å². The number of unbranched alkanes of at least 4 members (excludes halogenated alkanes) is 1. The van der Waals surface area contributed by atoms with Gasteiger partial charge in [-0.25, -0.2) is 0 Å². The summed E-state index contributed by atoms with van der Waals surface area (Å²) < 4.78 is 10.6. The van der Waals surface area contributed by atoms with E-state index >= 15 is 0 Å². The molecule has 2 nitrogen and oxygen atoms in total. The first kappa shape index (κ1) is 13.1. The molecule has 0 rings (SSSR count). The lowest BCUT2D eigenvalue weighted by atomic mass is 10.3. The molecule has 0 heterocycles. The molecule has 0 N–H and O–H groups in total. The Balaban J connectivity index is 3.15. The second kappa shape index (κ2) is 8.67. The fourth-order valence-corrected chi connectivity index (χ4v) is 0.822. The van der Waals surface area contributed by atoms with Crippen molar-refractivity contribution in [3.63, 3.8) is 0 Å². The van der Waals surface area contributed by atoms with Crippen molar-refractivity contribution >= 4 is 0 Å². The van der Waals surface area contributed by atoms with E-state index in [1.165, 1.54) is 11.1 Å². The average molecular weight is 198 g/mol. The summed E-state index contributed by atoms with van der Waals surface area (Å²) in [4.78, 5) is 0. The van der Waals surface area contributed by atoms with Crippen LogP contribution in [0.1, 0.15) is 40.5 Å². The van der Waals surface area contributed by atoms with Crippen LogP contribution in [0.25, 0.3) is 0 Å². The van der Waals surface area contributed by atoms with E-state index in [1.54, 1.807) is 12.5 Å².